The van der Waals surface area contributed by atoms with Gasteiger partial charge in [-0.25, -0.2) is 0 Å². The van der Waals surface area contributed by atoms with Gasteiger partial charge in [0.15, 0.2) is 0 Å². The van der Waals surface area contributed by atoms with Crippen LogP contribution in [0.25, 0.3) is 0 Å². The molecule has 0 unspecified atom stereocenters. The molecule has 1 atom stereocenters. The summed E-state index contributed by atoms with van der Waals surface area (Å²) < 4.78 is 2.27. The van der Waals surface area contributed by atoms with E-state index in [4.69, 9.17) is 0 Å². The second-order valence-corrected chi connectivity index (χ2v) is 5.74. The van der Waals surface area contributed by atoms with E-state index in [1.54, 1.807) is 0 Å². The van der Waals surface area contributed by atoms with Gasteiger partial charge in [0.2, 0.25) is 0 Å². The summed E-state index contributed by atoms with van der Waals surface area (Å²) >= 11 is 0. The second kappa shape index (κ2) is 5.75. The molecule has 0 saturated carbocycles. The Balaban J connectivity index is 1.53. The molecule has 1 aromatic heterocycles. The highest BCUT2D eigenvalue weighted by atomic mass is 15.3. The van der Waals surface area contributed by atoms with Crippen LogP contribution in [0.5, 0.6) is 0 Å². The Bertz CT molecular complexity index is 588. The molecule has 0 aliphatic carbocycles. The van der Waals surface area contributed by atoms with Crippen molar-refractivity contribution in [1.82, 2.24) is 20.1 Å². The van der Waals surface area contributed by atoms with E-state index in [0.29, 0.717) is 5.92 Å². The van der Waals surface area contributed by atoms with Crippen LogP contribution in [0, 0.1) is 19.8 Å². The first kappa shape index (κ1) is 13.3. The number of hydrogen-bond acceptors (Lipinski definition) is 3. The van der Waals surface area contributed by atoms with Gasteiger partial charge in [0.05, 0.1) is 0 Å². The van der Waals surface area contributed by atoms with E-state index in [0.717, 1.165) is 37.7 Å². The van der Waals surface area contributed by atoms with Crippen molar-refractivity contribution in [3.63, 3.8) is 0 Å². The van der Waals surface area contributed by atoms with Crippen LogP contribution in [0.2, 0.25) is 0 Å². The van der Waals surface area contributed by atoms with Crippen LogP contribution in [0.15, 0.2) is 24.3 Å². The van der Waals surface area contributed by atoms with Gasteiger partial charge in [-0.3, -0.25) is 0 Å². The van der Waals surface area contributed by atoms with Gasteiger partial charge >= 0.3 is 0 Å². The van der Waals surface area contributed by atoms with Gasteiger partial charge in [-0.05, 0) is 43.9 Å². The van der Waals surface area contributed by atoms with E-state index < -0.39 is 0 Å². The molecule has 4 nitrogen and oxygen atoms in total. The Kier molecular flexibility index (Phi) is 3.83. The molecule has 106 valence electrons. The Morgan fingerprint density at radius 1 is 1.25 bits per heavy atom. The number of benzene rings is 1. The van der Waals surface area contributed by atoms with Crippen molar-refractivity contribution in [2.24, 2.45) is 5.92 Å². The molecule has 1 aliphatic heterocycles. The highest BCUT2D eigenvalue weighted by Crippen LogP contribution is 2.19. The third-order valence-electron chi connectivity index (χ3n) is 4.24. The molecule has 0 radical (unpaired) electrons. The van der Waals surface area contributed by atoms with E-state index in [2.05, 4.69) is 51.3 Å². The summed E-state index contributed by atoms with van der Waals surface area (Å²) in [5, 5.41) is 12.0. The molecule has 0 fully saturated rings. The van der Waals surface area contributed by atoms with Crippen molar-refractivity contribution < 1.29 is 0 Å². The van der Waals surface area contributed by atoms with Crippen LogP contribution in [-0.4, -0.2) is 21.3 Å². The first-order valence-electron chi connectivity index (χ1n) is 7.38. The van der Waals surface area contributed by atoms with Gasteiger partial charge in [-0.2, -0.15) is 0 Å². The lowest BCUT2D eigenvalue weighted by atomic mass is 9.99. The van der Waals surface area contributed by atoms with Crippen LogP contribution in [0.3, 0.4) is 0 Å². The first-order valence-corrected chi connectivity index (χ1v) is 7.38. The Labute approximate surface area is 120 Å². The number of nitrogens with one attached hydrogen (secondary N) is 1. The number of aromatic nitrogens is 3. The van der Waals surface area contributed by atoms with Gasteiger partial charge in [-0.1, -0.05) is 24.3 Å². The largest absolute Gasteiger partial charge is 0.315 e. The minimum absolute atomic E-state index is 0.682. The van der Waals surface area contributed by atoms with E-state index in [9.17, 15) is 0 Å². The standard InChI is InChI=1S/C16H22N4/c1-12-5-3-4-6-15(12)10-17-9-14-7-8-16-19-18-13(2)20(16)11-14/h3-6,14,17H,7-11H2,1-2H3/t14-/m1/s1. The minimum Gasteiger partial charge on any atom is -0.315 e. The molecule has 4 heteroatoms. The molecular formula is C16H22N4. The SMILES string of the molecule is Cc1ccccc1CNC[C@H]1CCc2nnc(C)n2C1. The molecule has 20 heavy (non-hydrogen) atoms. The fourth-order valence-electron chi connectivity index (χ4n) is 2.92. The number of aryl methyl sites for hydroxylation is 3. The highest BCUT2D eigenvalue weighted by molar-refractivity contribution is 5.25. The monoisotopic (exact) mass is 270 g/mol. The number of nitrogens with zero attached hydrogens (tertiary/aromatic N) is 3. The minimum atomic E-state index is 0.682. The van der Waals surface area contributed by atoms with Crippen LogP contribution >= 0.6 is 0 Å². The summed E-state index contributed by atoms with van der Waals surface area (Å²) in [6.45, 7) is 7.28. The summed E-state index contributed by atoms with van der Waals surface area (Å²) in [6.07, 6.45) is 2.26. The normalized spacial score (nSPS) is 18.0. The summed E-state index contributed by atoms with van der Waals surface area (Å²) in [7, 11) is 0. The van der Waals surface area contributed by atoms with Gasteiger partial charge in [0.25, 0.3) is 0 Å². The van der Waals surface area contributed by atoms with Crippen LogP contribution in [-0.2, 0) is 19.5 Å². The van der Waals surface area contributed by atoms with E-state index in [1.807, 2.05) is 6.92 Å². The predicted octanol–water partition coefficient (Wildman–Crippen LogP) is 2.25. The second-order valence-electron chi connectivity index (χ2n) is 5.74. The summed E-state index contributed by atoms with van der Waals surface area (Å²) in [6, 6.07) is 8.57. The average molecular weight is 270 g/mol. The molecular weight excluding hydrogens is 248 g/mol. The molecule has 2 aromatic rings. The van der Waals surface area contributed by atoms with Gasteiger partial charge in [0.1, 0.15) is 11.6 Å². The lowest BCUT2D eigenvalue weighted by Crippen LogP contribution is -2.30. The first-order chi connectivity index (χ1) is 9.74. The van der Waals surface area contributed by atoms with Gasteiger partial charge in [-0.15, -0.1) is 10.2 Å². The zero-order chi connectivity index (χ0) is 13.9. The lowest BCUT2D eigenvalue weighted by Gasteiger charge is -2.24. The highest BCUT2D eigenvalue weighted by Gasteiger charge is 2.20. The zero-order valence-electron chi connectivity index (χ0n) is 12.3. The molecule has 0 bridgehead atoms. The molecule has 3 rings (SSSR count). The topological polar surface area (TPSA) is 42.7 Å². The molecule has 1 aromatic carbocycles. The fourth-order valence-corrected chi connectivity index (χ4v) is 2.92. The Hall–Kier alpha value is -1.68. The Morgan fingerprint density at radius 3 is 2.95 bits per heavy atom. The van der Waals surface area contributed by atoms with Crippen molar-refractivity contribution in [2.75, 3.05) is 6.54 Å². The number of hydrogen-bond donors (Lipinski definition) is 1. The maximum atomic E-state index is 4.22. The smallest absolute Gasteiger partial charge is 0.133 e. The molecule has 1 aliphatic rings. The van der Waals surface area contributed by atoms with Crippen LogP contribution < -0.4 is 5.32 Å². The molecule has 0 spiro atoms. The predicted molar refractivity (Wildman–Crippen MR) is 79.5 cm³/mol. The quantitative estimate of drug-likeness (QED) is 0.926. The number of rotatable bonds is 4. The van der Waals surface area contributed by atoms with Gasteiger partial charge in [0, 0.05) is 19.5 Å². The molecule has 2 heterocycles. The van der Waals surface area contributed by atoms with E-state index in [1.165, 1.54) is 17.5 Å². The molecule has 0 amide bonds. The van der Waals surface area contributed by atoms with Gasteiger partial charge < -0.3 is 9.88 Å². The average Bonchev–Trinajstić information content (AvgIpc) is 2.82. The van der Waals surface area contributed by atoms with Crippen LogP contribution in [0.4, 0.5) is 0 Å². The lowest BCUT2D eigenvalue weighted by molar-refractivity contribution is 0.344. The maximum absolute atomic E-state index is 4.22. The fraction of sp³-hybridized carbons (Fsp3) is 0.500. The summed E-state index contributed by atoms with van der Waals surface area (Å²) in [5.74, 6) is 2.88. The van der Waals surface area contributed by atoms with Crippen molar-refractivity contribution in [2.45, 2.75) is 39.8 Å². The summed E-state index contributed by atoms with van der Waals surface area (Å²) in [4.78, 5) is 0. The molecule has 1 N–H and O–H groups in total. The van der Waals surface area contributed by atoms with Crippen molar-refractivity contribution in [3.8, 4) is 0 Å². The van der Waals surface area contributed by atoms with E-state index in [-0.39, 0.29) is 0 Å². The third-order valence-corrected chi connectivity index (χ3v) is 4.24. The Morgan fingerprint density at radius 2 is 2.10 bits per heavy atom. The van der Waals surface area contributed by atoms with Crippen molar-refractivity contribution in [3.05, 3.63) is 47.0 Å². The molecule has 0 saturated heterocycles. The maximum Gasteiger partial charge on any atom is 0.133 e. The van der Waals surface area contributed by atoms with Crippen molar-refractivity contribution in [1.29, 1.82) is 0 Å². The summed E-state index contributed by atoms with van der Waals surface area (Å²) in [5.41, 5.74) is 2.75. The zero-order valence-corrected chi connectivity index (χ0v) is 12.3. The van der Waals surface area contributed by atoms with Crippen LogP contribution in [0.1, 0.15) is 29.2 Å². The number of fused-ring (bicyclic) bond motifs is 1. The third kappa shape index (κ3) is 2.75. The van der Waals surface area contributed by atoms with Crippen molar-refractivity contribution >= 4 is 0 Å². The van der Waals surface area contributed by atoms with E-state index >= 15 is 0 Å².